The molecular formula is C15H21F2NO. The molecule has 4 heteroatoms. The lowest BCUT2D eigenvalue weighted by atomic mass is 9.89. The van der Waals surface area contributed by atoms with Gasteiger partial charge in [0, 0.05) is 17.5 Å². The fourth-order valence-corrected chi connectivity index (χ4v) is 2.77. The summed E-state index contributed by atoms with van der Waals surface area (Å²) < 4.78 is 33.8. The lowest BCUT2D eigenvalue weighted by molar-refractivity contribution is 0.116. The maximum Gasteiger partial charge on any atom is 0.133 e. The Morgan fingerprint density at radius 1 is 1.42 bits per heavy atom. The maximum atomic E-state index is 14.3. The third-order valence-corrected chi connectivity index (χ3v) is 3.76. The van der Waals surface area contributed by atoms with E-state index in [9.17, 15) is 8.78 Å². The maximum absolute atomic E-state index is 14.3. The van der Waals surface area contributed by atoms with Gasteiger partial charge < -0.3 is 10.1 Å². The third-order valence-electron chi connectivity index (χ3n) is 3.76. The van der Waals surface area contributed by atoms with E-state index in [2.05, 4.69) is 5.32 Å². The van der Waals surface area contributed by atoms with E-state index in [1.165, 1.54) is 12.1 Å². The first kappa shape index (κ1) is 14.4. The summed E-state index contributed by atoms with van der Waals surface area (Å²) in [5.41, 5.74) is 0.635. The number of ether oxygens (including phenoxy) is 1. The van der Waals surface area contributed by atoms with Crippen LogP contribution in [0.1, 0.15) is 37.4 Å². The average Bonchev–Trinajstić information content (AvgIpc) is 2.80. The smallest absolute Gasteiger partial charge is 0.133 e. The second-order valence-electron chi connectivity index (χ2n) is 5.27. The number of nitrogens with one attached hydrogen (secondary N) is 1. The van der Waals surface area contributed by atoms with Crippen molar-refractivity contribution < 1.29 is 13.5 Å². The van der Waals surface area contributed by atoms with E-state index < -0.39 is 11.6 Å². The number of benzene rings is 1. The van der Waals surface area contributed by atoms with Gasteiger partial charge in [0.15, 0.2) is 0 Å². The van der Waals surface area contributed by atoms with Gasteiger partial charge in [0.1, 0.15) is 11.6 Å². The van der Waals surface area contributed by atoms with Gasteiger partial charge >= 0.3 is 0 Å². The van der Waals surface area contributed by atoms with E-state index in [0.29, 0.717) is 18.7 Å². The van der Waals surface area contributed by atoms with Crippen molar-refractivity contribution in [3.8, 4) is 0 Å². The summed E-state index contributed by atoms with van der Waals surface area (Å²) in [6.07, 6.45) is 0.979. The van der Waals surface area contributed by atoms with Gasteiger partial charge in [-0.25, -0.2) is 8.78 Å². The van der Waals surface area contributed by atoms with Gasteiger partial charge in [0.2, 0.25) is 0 Å². The lowest BCUT2D eigenvalue weighted by Crippen LogP contribution is -2.30. The Hall–Kier alpha value is -1.00. The lowest BCUT2D eigenvalue weighted by Gasteiger charge is -2.25. The Morgan fingerprint density at radius 2 is 2.16 bits per heavy atom. The molecule has 1 fully saturated rings. The molecule has 1 aromatic carbocycles. The third kappa shape index (κ3) is 2.95. The molecule has 106 valence electrons. The number of rotatable bonds is 4. The SMILES string of the molecule is CCNC(c1c(F)ccc(C)c1F)C1COC(C)C1. The van der Waals surface area contributed by atoms with Crippen LogP contribution in [0.5, 0.6) is 0 Å². The molecule has 1 saturated heterocycles. The Balaban J connectivity index is 2.36. The average molecular weight is 269 g/mol. The molecule has 0 radical (unpaired) electrons. The van der Waals surface area contributed by atoms with Gasteiger partial charge in [-0.3, -0.25) is 0 Å². The van der Waals surface area contributed by atoms with Crippen LogP contribution in [0, 0.1) is 24.5 Å². The van der Waals surface area contributed by atoms with E-state index in [-0.39, 0.29) is 23.6 Å². The highest BCUT2D eigenvalue weighted by Gasteiger charge is 2.33. The first-order valence-corrected chi connectivity index (χ1v) is 6.84. The first-order chi connectivity index (χ1) is 9.04. The van der Waals surface area contributed by atoms with Crippen LogP contribution < -0.4 is 5.32 Å². The molecule has 1 aliphatic rings. The van der Waals surface area contributed by atoms with Gasteiger partial charge in [0.05, 0.1) is 12.7 Å². The van der Waals surface area contributed by atoms with Gasteiger partial charge in [-0.05, 0) is 38.4 Å². The summed E-state index contributed by atoms with van der Waals surface area (Å²) in [5.74, 6) is -0.806. The van der Waals surface area contributed by atoms with E-state index in [1.54, 1.807) is 6.92 Å². The predicted octanol–water partition coefficient (Wildman–Crippen LogP) is 3.35. The molecule has 1 aliphatic heterocycles. The van der Waals surface area contributed by atoms with Crippen molar-refractivity contribution in [2.45, 2.75) is 39.3 Å². The Bertz CT molecular complexity index is 450. The van der Waals surface area contributed by atoms with Crippen LogP contribution in [0.25, 0.3) is 0 Å². The summed E-state index contributed by atoms with van der Waals surface area (Å²) in [6, 6.07) is 2.50. The fourth-order valence-electron chi connectivity index (χ4n) is 2.77. The Morgan fingerprint density at radius 3 is 2.74 bits per heavy atom. The molecule has 2 rings (SSSR count). The molecule has 19 heavy (non-hydrogen) atoms. The fraction of sp³-hybridized carbons (Fsp3) is 0.600. The van der Waals surface area contributed by atoms with Crippen molar-refractivity contribution in [3.63, 3.8) is 0 Å². The van der Waals surface area contributed by atoms with E-state index in [4.69, 9.17) is 4.74 Å². The zero-order chi connectivity index (χ0) is 14.0. The monoisotopic (exact) mass is 269 g/mol. The Kier molecular flexibility index (Phi) is 4.53. The van der Waals surface area contributed by atoms with Crippen LogP contribution >= 0.6 is 0 Å². The minimum atomic E-state index is -0.478. The molecule has 0 bridgehead atoms. The van der Waals surface area contributed by atoms with Crippen LogP contribution in [0.4, 0.5) is 8.78 Å². The van der Waals surface area contributed by atoms with Crippen LogP contribution in [0.3, 0.4) is 0 Å². The number of hydrogen-bond acceptors (Lipinski definition) is 2. The zero-order valence-electron chi connectivity index (χ0n) is 11.7. The van der Waals surface area contributed by atoms with Crippen molar-refractivity contribution in [2.24, 2.45) is 5.92 Å². The summed E-state index contributed by atoms with van der Waals surface area (Å²) in [4.78, 5) is 0. The summed E-state index contributed by atoms with van der Waals surface area (Å²) in [7, 11) is 0. The molecule has 0 spiro atoms. The van der Waals surface area contributed by atoms with Gasteiger partial charge in [-0.15, -0.1) is 0 Å². The highest BCUT2D eigenvalue weighted by molar-refractivity contribution is 5.30. The van der Waals surface area contributed by atoms with Crippen LogP contribution in [-0.2, 0) is 4.74 Å². The zero-order valence-corrected chi connectivity index (χ0v) is 11.7. The molecule has 0 aliphatic carbocycles. The van der Waals surface area contributed by atoms with Crippen LogP contribution in [-0.4, -0.2) is 19.3 Å². The number of hydrogen-bond donors (Lipinski definition) is 1. The molecule has 0 amide bonds. The van der Waals surface area contributed by atoms with Crippen molar-refractivity contribution >= 4 is 0 Å². The molecule has 1 N–H and O–H groups in total. The van der Waals surface area contributed by atoms with E-state index >= 15 is 0 Å². The molecule has 3 atom stereocenters. The van der Waals surface area contributed by atoms with Gasteiger partial charge in [0.25, 0.3) is 0 Å². The molecule has 1 heterocycles. The normalized spacial score (nSPS) is 24.7. The molecular weight excluding hydrogens is 248 g/mol. The summed E-state index contributed by atoms with van der Waals surface area (Å²) >= 11 is 0. The van der Waals surface area contributed by atoms with E-state index in [0.717, 1.165) is 6.42 Å². The van der Waals surface area contributed by atoms with Crippen molar-refractivity contribution in [1.29, 1.82) is 0 Å². The van der Waals surface area contributed by atoms with Crippen molar-refractivity contribution in [3.05, 3.63) is 34.9 Å². The van der Waals surface area contributed by atoms with Gasteiger partial charge in [-0.2, -0.15) is 0 Å². The minimum absolute atomic E-state index is 0.112. The highest BCUT2D eigenvalue weighted by atomic mass is 19.1. The molecule has 2 nitrogen and oxygen atoms in total. The number of aryl methyl sites for hydroxylation is 1. The van der Waals surface area contributed by atoms with Crippen LogP contribution in [0.2, 0.25) is 0 Å². The highest BCUT2D eigenvalue weighted by Crippen LogP contribution is 2.34. The van der Waals surface area contributed by atoms with E-state index in [1.807, 2.05) is 13.8 Å². The summed E-state index contributed by atoms with van der Waals surface area (Å²) in [5, 5.41) is 3.21. The largest absolute Gasteiger partial charge is 0.378 e. The van der Waals surface area contributed by atoms with Gasteiger partial charge in [-0.1, -0.05) is 13.0 Å². The first-order valence-electron chi connectivity index (χ1n) is 6.84. The van der Waals surface area contributed by atoms with Crippen LogP contribution in [0.15, 0.2) is 12.1 Å². The molecule has 1 aromatic rings. The van der Waals surface area contributed by atoms with Crippen molar-refractivity contribution in [1.82, 2.24) is 5.32 Å². The Labute approximate surface area is 113 Å². The predicted molar refractivity (Wildman–Crippen MR) is 71.0 cm³/mol. The topological polar surface area (TPSA) is 21.3 Å². The molecule has 3 unspecified atom stereocenters. The standard InChI is InChI=1S/C15H21F2NO/c1-4-18-15(11-7-10(3)19-8-11)13-12(16)6-5-9(2)14(13)17/h5-6,10-11,15,18H,4,7-8H2,1-3H3. The summed E-state index contributed by atoms with van der Waals surface area (Å²) in [6.45, 7) is 6.81. The quantitative estimate of drug-likeness (QED) is 0.905. The number of halogens is 2. The molecule has 0 aromatic heterocycles. The molecule has 0 saturated carbocycles. The van der Waals surface area contributed by atoms with Crippen molar-refractivity contribution in [2.75, 3.05) is 13.2 Å². The second kappa shape index (κ2) is 5.97. The minimum Gasteiger partial charge on any atom is -0.378 e. The second-order valence-corrected chi connectivity index (χ2v) is 5.27.